The van der Waals surface area contributed by atoms with Crippen LogP contribution in [-0.2, 0) is 0 Å². The van der Waals surface area contributed by atoms with Crippen molar-refractivity contribution in [3.63, 3.8) is 0 Å². The molecule has 0 aromatic heterocycles. The van der Waals surface area contributed by atoms with Gasteiger partial charge in [-0.2, -0.15) is 0 Å². The van der Waals surface area contributed by atoms with E-state index in [1.54, 1.807) is 4.90 Å². The number of hydrogen-bond acceptors (Lipinski definition) is 1. The Labute approximate surface area is 74.2 Å². The van der Waals surface area contributed by atoms with Crippen LogP contribution < -0.4 is 28.9 Å². The summed E-state index contributed by atoms with van der Waals surface area (Å²) < 4.78 is 0. The van der Waals surface area contributed by atoms with Gasteiger partial charge in [-0.15, -0.1) is 0 Å². The molecule has 0 aromatic rings. The van der Waals surface area contributed by atoms with E-state index in [2.05, 4.69) is 18.9 Å². The molecule has 0 bridgehead atoms. The van der Waals surface area contributed by atoms with E-state index in [0.29, 0.717) is 0 Å². The highest BCUT2D eigenvalue weighted by Gasteiger charge is 2.16. The van der Waals surface area contributed by atoms with Crippen molar-refractivity contribution >= 4 is 0 Å². The van der Waals surface area contributed by atoms with Gasteiger partial charge >= 0.3 is 0 Å². The zero-order chi connectivity index (χ0) is 5.98. The van der Waals surface area contributed by atoms with E-state index in [1.807, 2.05) is 0 Å². The van der Waals surface area contributed by atoms with Gasteiger partial charge in [-0.25, -0.2) is 0 Å². The minimum Gasteiger partial charge on any atom is -1.00 e. The summed E-state index contributed by atoms with van der Waals surface area (Å²) in [4.78, 5) is 4.09. The molecule has 0 radical (unpaired) electrons. The van der Waals surface area contributed by atoms with Gasteiger partial charge in [0, 0.05) is 0 Å². The van der Waals surface area contributed by atoms with Gasteiger partial charge in [-0.1, -0.05) is 0 Å². The molecule has 0 aliphatic carbocycles. The molecule has 0 aromatic carbocycles. The molecule has 1 aliphatic heterocycles. The predicted molar refractivity (Wildman–Crippen MR) is 33.9 cm³/mol. The number of rotatable bonds is 1. The van der Waals surface area contributed by atoms with Crippen molar-refractivity contribution in [1.29, 1.82) is 0 Å². The van der Waals surface area contributed by atoms with Crippen molar-refractivity contribution in [3.8, 4) is 0 Å². The van der Waals surface area contributed by atoms with E-state index in [4.69, 9.17) is 0 Å². The number of nitrogens with zero attached hydrogens (tertiary/aromatic N) is 1. The minimum absolute atomic E-state index is 0. The van der Waals surface area contributed by atoms with Crippen LogP contribution in [-0.4, -0.2) is 38.3 Å². The molecular weight excluding hydrogens is 227 g/mol. The Morgan fingerprint density at radius 3 is 2.44 bits per heavy atom. The third kappa shape index (κ3) is 2.82. The predicted octanol–water partition coefficient (Wildman–Crippen LogP) is -4.20. The molecule has 0 saturated carbocycles. The molecule has 56 valence electrons. The molecule has 1 heterocycles. The second kappa shape index (κ2) is 4.46. The van der Waals surface area contributed by atoms with Crippen LogP contribution >= 0.6 is 0 Å². The van der Waals surface area contributed by atoms with Crippen molar-refractivity contribution in [2.24, 2.45) is 0 Å². The standard InChI is InChI=1S/C6H14N2.HI/c1-3-8-5-4-7(2)6-8;/h3-6H2,1-2H3;1H. The Hall–Kier alpha value is 0.650. The Morgan fingerprint density at radius 2 is 2.22 bits per heavy atom. The summed E-state index contributed by atoms with van der Waals surface area (Å²) in [5, 5.41) is 0. The monoisotopic (exact) mass is 242 g/mol. The molecule has 0 amide bonds. The number of quaternary nitrogens is 1. The van der Waals surface area contributed by atoms with Crippen LogP contribution in [0.2, 0.25) is 0 Å². The lowest BCUT2D eigenvalue weighted by atomic mass is 10.6. The molecule has 1 atom stereocenters. The first-order chi connectivity index (χ1) is 3.83. The van der Waals surface area contributed by atoms with Crippen molar-refractivity contribution in [3.05, 3.63) is 0 Å². The second-order valence-electron chi connectivity index (χ2n) is 2.59. The Balaban J connectivity index is 0.000000640. The van der Waals surface area contributed by atoms with E-state index in [1.165, 1.54) is 26.3 Å². The molecule has 1 fully saturated rings. The summed E-state index contributed by atoms with van der Waals surface area (Å²) in [6, 6.07) is 0. The van der Waals surface area contributed by atoms with Crippen molar-refractivity contribution in [2.75, 3.05) is 33.4 Å². The first kappa shape index (κ1) is 9.65. The maximum Gasteiger partial charge on any atom is 0.133 e. The van der Waals surface area contributed by atoms with Crippen LogP contribution in [0.1, 0.15) is 6.92 Å². The quantitative estimate of drug-likeness (QED) is 0.458. The van der Waals surface area contributed by atoms with E-state index < -0.39 is 0 Å². The normalized spacial score (nSPS) is 28.0. The fourth-order valence-electron chi connectivity index (χ4n) is 1.18. The molecule has 1 aliphatic rings. The number of nitrogens with one attached hydrogen (secondary N) is 1. The molecule has 1 unspecified atom stereocenters. The SMILES string of the molecule is CC[NH+]1CCN(C)C1.[I-]. The Kier molecular flexibility index (Phi) is 4.79. The van der Waals surface area contributed by atoms with Crippen molar-refractivity contribution in [2.45, 2.75) is 6.92 Å². The number of likely N-dealkylation sites (N-methyl/N-ethyl adjacent to an activating group) is 2. The molecular formula is C6H15IN2. The lowest BCUT2D eigenvalue weighted by Gasteiger charge is -2.07. The first-order valence-electron chi connectivity index (χ1n) is 3.35. The largest absolute Gasteiger partial charge is 1.00 e. The fourth-order valence-corrected chi connectivity index (χ4v) is 1.18. The van der Waals surface area contributed by atoms with E-state index in [-0.39, 0.29) is 24.0 Å². The van der Waals surface area contributed by atoms with Gasteiger partial charge < -0.3 is 28.9 Å². The molecule has 1 N–H and O–H groups in total. The molecule has 9 heavy (non-hydrogen) atoms. The maximum atomic E-state index is 2.37. The van der Waals surface area contributed by atoms with Crippen molar-refractivity contribution in [1.82, 2.24) is 4.90 Å². The third-order valence-corrected chi connectivity index (χ3v) is 1.84. The van der Waals surface area contributed by atoms with Crippen LogP contribution in [0.5, 0.6) is 0 Å². The highest BCUT2D eigenvalue weighted by atomic mass is 127. The average molecular weight is 242 g/mol. The van der Waals surface area contributed by atoms with Gasteiger partial charge in [0.1, 0.15) is 6.67 Å². The fraction of sp³-hybridized carbons (Fsp3) is 1.00. The minimum atomic E-state index is 0. The Morgan fingerprint density at radius 1 is 1.56 bits per heavy atom. The second-order valence-corrected chi connectivity index (χ2v) is 2.59. The van der Waals surface area contributed by atoms with Gasteiger partial charge in [-0.3, -0.25) is 4.90 Å². The van der Waals surface area contributed by atoms with Gasteiger partial charge in [0.05, 0.1) is 19.6 Å². The summed E-state index contributed by atoms with van der Waals surface area (Å²) in [6.45, 7) is 7.39. The van der Waals surface area contributed by atoms with E-state index >= 15 is 0 Å². The van der Waals surface area contributed by atoms with E-state index in [0.717, 1.165) is 0 Å². The zero-order valence-corrected chi connectivity index (χ0v) is 8.31. The van der Waals surface area contributed by atoms with E-state index in [9.17, 15) is 0 Å². The zero-order valence-electron chi connectivity index (χ0n) is 6.15. The summed E-state index contributed by atoms with van der Waals surface area (Å²) in [5.74, 6) is 0. The summed E-state index contributed by atoms with van der Waals surface area (Å²) in [5.41, 5.74) is 0. The number of hydrogen-bond donors (Lipinski definition) is 1. The topological polar surface area (TPSA) is 7.68 Å². The van der Waals surface area contributed by atoms with Crippen LogP contribution in [0.15, 0.2) is 0 Å². The average Bonchev–Trinajstić information content (AvgIpc) is 2.14. The lowest BCUT2D eigenvalue weighted by Crippen LogP contribution is -3.10. The summed E-state index contributed by atoms with van der Waals surface area (Å²) in [6.07, 6.45) is 0. The van der Waals surface area contributed by atoms with Crippen LogP contribution in [0.3, 0.4) is 0 Å². The smallest absolute Gasteiger partial charge is 0.133 e. The van der Waals surface area contributed by atoms with Crippen molar-refractivity contribution < 1.29 is 28.9 Å². The third-order valence-electron chi connectivity index (χ3n) is 1.84. The first-order valence-corrected chi connectivity index (χ1v) is 3.35. The highest BCUT2D eigenvalue weighted by molar-refractivity contribution is 4.47. The highest BCUT2D eigenvalue weighted by Crippen LogP contribution is 1.78. The molecule has 2 nitrogen and oxygen atoms in total. The van der Waals surface area contributed by atoms with Gasteiger partial charge in [-0.05, 0) is 14.0 Å². The van der Waals surface area contributed by atoms with Crippen LogP contribution in [0, 0.1) is 0 Å². The van der Waals surface area contributed by atoms with Crippen LogP contribution in [0.4, 0.5) is 0 Å². The molecule has 1 rings (SSSR count). The lowest BCUT2D eigenvalue weighted by molar-refractivity contribution is -0.889. The summed E-state index contributed by atoms with van der Waals surface area (Å²) >= 11 is 0. The van der Waals surface area contributed by atoms with Crippen LogP contribution in [0.25, 0.3) is 0 Å². The Bertz CT molecular complexity index is 77.5. The van der Waals surface area contributed by atoms with Gasteiger partial charge in [0.2, 0.25) is 0 Å². The van der Waals surface area contributed by atoms with Gasteiger partial charge in [0.25, 0.3) is 0 Å². The molecule has 0 spiro atoms. The molecule has 3 heteroatoms. The summed E-state index contributed by atoms with van der Waals surface area (Å²) in [7, 11) is 2.18. The maximum absolute atomic E-state index is 2.37. The van der Waals surface area contributed by atoms with Gasteiger partial charge in [0.15, 0.2) is 0 Å². The number of halogens is 1. The molecule has 1 saturated heterocycles.